The van der Waals surface area contributed by atoms with Crippen molar-refractivity contribution in [3.05, 3.63) is 35.5 Å². The molecule has 0 unspecified atom stereocenters. The molecule has 0 bridgehead atoms. The van der Waals surface area contributed by atoms with E-state index in [1.54, 1.807) is 12.4 Å². The van der Waals surface area contributed by atoms with Gasteiger partial charge in [-0.3, -0.25) is 4.68 Å². The van der Waals surface area contributed by atoms with Gasteiger partial charge in [-0.1, -0.05) is 12.8 Å². The standard InChI is InChI=1S/C17H20N6/c18-10-15-17(20-9-8-19-15)21-14-7-3-4-12-11-23(22-16(12)14)13-5-1-2-6-13/h8-9,11,13-14H,1-7H2,(H,20,21)/t14-/m1/s1. The van der Waals surface area contributed by atoms with Gasteiger partial charge < -0.3 is 5.32 Å². The Morgan fingerprint density at radius 3 is 2.78 bits per heavy atom. The second kappa shape index (κ2) is 5.99. The van der Waals surface area contributed by atoms with E-state index in [9.17, 15) is 5.26 Å². The highest BCUT2D eigenvalue weighted by Gasteiger charge is 2.27. The molecule has 0 aromatic carbocycles. The van der Waals surface area contributed by atoms with Crippen LogP contribution in [0.4, 0.5) is 5.82 Å². The SMILES string of the molecule is N#Cc1nccnc1N[C@@H]1CCCc2cn(C3CCCC3)nc21. The van der Waals surface area contributed by atoms with Crippen molar-refractivity contribution < 1.29 is 0 Å². The number of hydrogen-bond acceptors (Lipinski definition) is 5. The molecule has 6 nitrogen and oxygen atoms in total. The van der Waals surface area contributed by atoms with Crippen molar-refractivity contribution in [1.82, 2.24) is 19.7 Å². The molecule has 1 N–H and O–H groups in total. The maximum absolute atomic E-state index is 9.18. The Morgan fingerprint density at radius 2 is 1.96 bits per heavy atom. The lowest BCUT2D eigenvalue weighted by atomic mass is 9.93. The first-order valence-electron chi connectivity index (χ1n) is 8.40. The average molecular weight is 308 g/mol. The fourth-order valence-electron chi connectivity index (χ4n) is 3.75. The molecule has 2 aromatic rings. The number of nitrogens with zero attached hydrogens (tertiary/aromatic N) is 5. The minimum atomic E-state index is 0.116. The van der Waals surface area contributed by atoms with E-state index in [0.717, 1.165) is 25.0 Å². The highest BCUT2D eigenvalue weighted by molar-refractivity contribution is 5.48. The smallest absolute Gasteiger partial charge is 0.182 e. The number of anilines is 1. The first kappa shape index (κ1) is 14.2. The Kier molecular flexibility index (Phi) is 3.70. The van der Waals surface area contributed by atoms with E-state index in [0.29, 0.717) is 17.6 Å². The van der Waals surface area contributed by atoms with Crippen molar-refractivity contribution in [3.8, 4) is 6.07 Å². The van der Waals surface area contributed by atoms with Crippen molar-refractivity contribution in [1.29, 1.82) is 5.26 Å². The number of aryl methyl sites for hydroxylation is 1. The highest BCUT2D eigenvalue weighted by atomic mass is 15.3. The first-order valence-corrected chi connectivity index (χ1v) is 8.40. The van der Waals surface area contributed by atoms with Crippen LogP contribution in [0.25, 0.3) is 0 Å². The van der Waals surface area contributed by atoms with Gasteiger partial charge in [-0.15, -0.1) is 0 Å². The molecule has 6 heteroatoms. The largest absolute Gasteiger partial charge is 0.359 e. The zero-order valence-electron chi connectivity index (χ0n) is 13.1. The van der Waals surface area contributed by atoms with Crippen LogP contribution in [0.1, 0.15) is 67.6 Å². The summed E-state index contributed by atoms with van der Waals surface area (Å²) in [6.07, 6.45) is 13.7. The molecule has 1 atom stereocenters. The summed E-state index contributed by atoms with van der Waals surface area (Å²) >= 11 is 0. The molecular weight excluding hydrogens is 288 g/mol. The van der Waals surface area contributed by atoms with Crippen LogP contribution in [0.5, 0.6) is 0 Å². The van der Waals surface area contributed by atoms with E-state index < -0.39 is 0 Å². The zero-order valence-corrected chi connectivity index (χ0v) is 13.1. The highest BCUT2D eigenvalue weighted by Crippen LogP contribution is 2.35. The van der Waals surface area contributed by atoms with Crippen LogP contribution >= 0.6 is 0 Å². The third-order valence-electron chi connectivity index (χ3n) is 4.92. The van der Waals surface area contributed by atoms with Crippen LogP contribution in [0.3, 0.4) is 0 Å². The molecule has 0 aliphatic heterocycles. The van der Waals surface area contributed by atoms with E-state index >= 15 is 0 Å². The number of rotatable bonds is 3. The van der Waals surface area contributed by atoms with Crippen LogP contribution in [0.15, 0.2) is 18.6 Å². The normalized spacial score (nSPS) is 20.9. The van der Waals surface area contributed by atoms with E-state index in [4.69, 9.17) is 5.10 Å². The van der Waals surface area contributed by atoms with Gasteiger partial charge in [-0.2, -0.15) is 10.4 Å². The summed E-state index contributed by atoms with van der Waals surface area (Å²) in [4.78, 5) is 8.35. The molecule has 4 rings (SSSR count). The van der Waals surface area contributed by atoms with Gasteiger partial charge in [0.25, 0.3) is 0 Å². The third-order valence-corrected chi connectivity index (χ3v) is 4.92. The summed E-state index contributed by atoms with van der Waals surface area (Å²) in [6, 6.07) is 2.78. The Morgan fingerprint density at radius 1 is 1.13 bits per heavy atom. The molecule has 2 aromatic heterocycles. The molecule has 2 aliphatic carbocycles. The van der Waals surface area contributed by atoms with Gasteiger partial charge in [-0.05, 0) is 37.7 Å². The molecule has 0 amide bonds. The molecule has 2 heterocycles. The van der Waals surface area contributed by atoms with Gasteiger partial charge in [0.15, 0.2) is 11.5 Å². The van der Waals surface area contributed by atoms with E-state index in [-0.39, 0.29) is 6.04 Å². The number of fused-ring (bicyclic) bond motifs is 1. The first-order chi connectivity index (χ1) is 11.3. The number of aromatic nitrogens is 4. The lowest BCUT2D eigenvalue weighted by Gasteiger charge is -2.22. The van der Waals surface area contributed by atoms with E-state index in [1.165, 1.54) is 31.2 Å². The predicted molar refractivity (Wildman–Crippen MR) is 85.8 cm³/mol. The Balaban J connectivity index is 1.61. The van der Waals surface area contributed by atoms with E-state index in [2.05, 4.69) is 32.2 Å². The maximum Gasteiger partial charge on any atom is 0.182 e. The minimum absolute atomic E-state index is 0.116. The molecule has 118 valence electrons. The molecule has 1 saturated carbocycles. The van der Waals surface area contributed by atoms with Crippen molar-refractivity contribution >= 4 is 5.82 Å². The summed E-state index contributed by atoms with van der Waals surface area (Å²) in [5, 5.41) is 17.5. The van der Waals surface area contributed by atoms with Crippen LogP contribution in [0, 0.1) is 11.3 Å². The molecular formula is C17H20N6. The average Bonchev–Trinajstić information content (AvgIpc) is 3.25. The van der Waals surface area contributed by atoms with Gasteiger partial charge in [0.05, 0.1) is 17.8 Å². The van der Waals surface area contributed by atoms with Crippen molar-refractivity contribution in [3.63, 3.8) is 0 Å². The van der Waals surface area contributed by atoms with Crippen molar-refractivity contribution in [2.24, 2.45) is 0 Å². The summed E-state index contributed by atoms with van der Waals surface area (Å²) in [5.41, 5.74) is 2.80. The van der Waals surface area contributed by atoms with Gasteiger partial charge in [0.1, 0.15) is 6.07 Å². The topological polar surface area (TPSA) is 79.4 Å². The molecule has 0 saturated heterocycles. The molecule has 23 heavy (non-hydrogen) atoms. The molecule has 1 fully saturated rings. The van der Waals surface area contributed by atoms with Crippen LogP contribution in [0.2, 0.25) is 0 Å². The van der Waals surface area contributed by atoms with Gasteiger partial charge in [-0.25, -0.2) is 9.97 Å². The second-order valence-electron chi connectivity index (χ2n) is 6.41. The van der Waals surface area contributed by atoms with Crippen LogP contribution < -0.4 is 5.32 Å². The Labute approximate surface area is 135 Å². The summed E-state index contributed by atoms with van der Waals surface area (Å²) in [5.74, 6) is 0.559. The van der Waals surface area contributed by atoms with Crippen LogP contribution in [-0.4, -0.2) is 19.7 Å². The zero-order chi connectivity index (χ0) is 15.6. The predicted octanol–water partition coefficient (Wildman–Crippen LogP) is 3.15. The number of nitrogens with one attached hydrogen (secondary N) is 1. The maximum atomic E-state index is 9.18. The quantitative estimate of drug-likeness (QED) is 0.942. The van der Waals surface area contributed by atoms with Crippen LogP contribution in [-0.2, 0) is 6.42 Å². The van der Waals surface area contributed by atoms with Gasteiger partial charge in [0, 0.05) is 18.6 Å². The van der Waals surface area contributed by atoms with Gasteiger partial charge in [0.2, 0.25) is 0 Å². The lowest BCUT2D eigenvalue weighted by molar-refractivity contribution is 0.459. The Bertz CT molecular complexity index is 738. The van der Waals surface area contributed by atoms with Crippen molar-refractivity contribution in [2.45, 2.75) is 57.0 Å². The molecule has 0 radical (unpaired) electrons. The number of nitriles is 1. The molecule has 0 spiro atoms. The summed E-state index contributed by atoms with van der Waals surface area (Å²) < 4.78 is 2.18. The fourth-order valence-corrected chi connectivity index (χ4v) is 3.75. The Hall–Kier alpha value is -2.42. The van der Waals surface area contributed by atoms with Crippen molar-refractivity contribution in [2.75, 3.05) is 5.32 Å². The monoisotopic (exact) mass is 308 g/mol. The fraction of sp³-hybridized carbons (Fsp3) is 0.529. The number of hydrogen-bond donors (Lipinski definition) is 1. The molecule has 2 aliphatic rings. The lowest BCUT2D eigenvalue weighted by Crippen LogP contribution is -2.19. The van der Waals surface area contributed by atoms with E-state index in [1.807, 2.05) is 0 Å². The summed E-state index contributed by atoms with van der Waals surface area (Å²) in [7, 11) is 0. The van der Waals surface area contributed by atoms with Gasteiger partial charge >= 0.3 is 0 Å². The second-order valence-corrected chi connectivity index (χ2v) is 6.41. The minimum Gasteiger partial charge on any atom is -0.359 e. The summed E-state index contributed by atoms with van der Waals surface area (Å²) in [6.45, 7) is 0. The third kappa shape index (κ3) is 2.67.